The topological polar surface area (TPSA) is 29.9 Å². The standard InChI is InChI=1S/C10H17N3/c1-11-6-5-9-8-12-10-4-2-3-7-13(9)10/h8,11H,2-7H2,1H3. The summed E-state index contributed by atoms with van der Waals surface area (Å²) in [5.74, 6) is 1.29. The molecule has 0 saturated carbocycles. The maximum Gasteiger partial charge on any atom is 0.108 e. The molecule has 72 valence electrons. The highest BCUT2D eigenvalue weighted by Crippen LogP contribution is 2.15. The average molecular weight is 179 g/mol. The third kappa shape index (κ3) is 1.75. The number of nitrogens with one attached hydrogen (secondary N) is 1. The molecule has 2 heterocycles. The molecule has 0 amide bonds. The highest BCUT2D eigenvalue weighted by Gasteiger charge is 2.12. The van der Waals surface area contributed by atoms with E-state index >= 15 is 0 Å². The van der Waals surface area contributed by atoms with E-state index in [9.17, 15) is 0 Å². The molecule has 0 fully saturated rings. The van der Waals surface area contributed by atoms with Gasteiger partial charge in [0.2, 0.25) is 0 Å². The quantitative estimate of drug-likeness (QED) is 0.749. The van der Waals surface area contributed by atoms with Gasteiger partial charge in [-0.3, -0.25) is 0 Å². The fourth-order valence-corrected chi connectivity index (χ4v) is 1.93. The van der Waals surface area contributed by atoms with Crippen LogP contribution in [0.15, 0.2) is 6.20 Å². The molecule has 1 N–H and O–H groups in total. The highest BCUT2D eigenvalue weighted by atomic mass is 15.1. The van der Waals surface area contributed by atoms with Crippen molar-refractivity contribution in [1.29, 1.82) is 0 Å². The number of fused-ring (bicyclic) bond motifs is 1. The Morgan fingerprint density at radius 2 is 2.46 bits per heavy atom. The second-order valence-electron chi connectivity index (χ2n) is 3.63. The minimum Gasteiger partial charge on any atom is -0.332 e. The monoisotopic (exact) mass is 179 g/mol. The van der Waals surface area contributed by atoms with Gasteiger partial charge in [-0.05, 0) is 19.9 Å². The number of aryl methyl sites for hydroxylation is 1. The lowest BCUT2D eigenvalue weighted by Crippen LogP contribution is -2.16. The Labute approximate surface area is 79.2 Å². The second-order valence-corrected chi connectivity index (χ2v) is 3.63. The van der Waals surface area contributed by atoms with Gasteiger partial charge in [0, 0.05) is 37.8 Å². The van der Waals surface area contributed by atoms with Crippen LogP contribution in [0.25, 0.3) is 0 Å². The van der Waals surface area contributed by atoms with Crippen LogP contribution >= 0.6 is 0 Å². The molecule has 3 heteroatoms. The lowest BCUT2D eigenvalue weighted by atomic mass is 10.1. The molecule has 0 spiro atoms. The van der Waals surface area contributed by atoms with Crippen molar-refractivity contribution in [1.82, 2.24) is 14.9 Å². The van der Waals surface area contributed by atoms with Gasteiger partial charge in [0.15, 0.2) is 0 Å². The number of hydrogen-bond acceptors (Lipinski definition) is 2. The molecule has 13 heavy (non-hydrogen) atoms. The first-order valence-corrected chi connectivity index (χ1v) is 5.09. The molecular formula is C10H17N3. The number of aromatic nitrogens is 2. The zero-order valence-corrected chi connectivity index (χ0v) is 8.21. The van der Waals surface area contributed by atoms with Crippen molar-refractivity contribution in [3.05, 3.63) is 17.7 Å². The van der Waals surface area contributed by atoms with Crippen molar-refractivity contribution in [3.8, 4) is 0 Å². The van der Waals surface area contributed by atoms with Gasteiger partial charge in [-0.1, -0.05) is 0 Å². The van der Waals surface area contributed by atoms with E-state index in [0.717, 1.165) is 13.0 Å². The molecule has 0 aliphatic carbocycles. The summed E-state index contributed by atoms with van der Waals surface area (Å²) in [6, 6.07) is 0. The van der Waals surface area contributed by atoms with Gasteiger partial charge in [0.1, 0.15) is 5.82 Å². The molecule has 0 radical (unpaired) electrons. The molecule has 1 aliphatic heterocycles. The predicted octanol–water partition coefficient (Wildman–Crippen LogP) is 0.981. The molecule has 1 aromatic rings. The zero-order chi connectivity index (χ0) is 9.10. The number of imidazole rings is 1. The van der Waals surface area contributed by atoms with Gasteiger partial charge < -0.3 is 9.88 Å². The number of likely N-dealkylation sites (N-methyl/N-ethyl adjacent to an activating group) is 1. The largest absolute Gasteiger partial charge is 0.332 e. The zero-order valence-electron chi connectivity index (χ0n) is 8.21. The molecule has 0 saturated heterocycles. The first kappa shape index (κ1) is 8.75. The Morgan fingerprint density at radius 3 is 3.31 bits per heavy atom. The van der Waals surface area contributed by atoms with Gasteiger partial charge in [-0.2, -0.15) is 0 Å². The van der Waals surface area contributed by atoms with Gasteiger partial charge in [0.05, 0.1) is 0 Å². The Kier molecular flexibility index (Phi) is 2.64. The van der Waals surface area contributed by atoms with E-state index in [-0.39, 0.29) is 0 Å². The maximum absolute atomic E-state index is 4.44. The van der Waals surface area contributed by atoms with Crippen molar-refractivity contribution in [2.75, 3.05) is 13.6 Å². The normalized spacial score (nSPS) is 15.8. The van der Waals surface area contributed by atoms with Crippen molar-refractivity contribution in [2.24, 2.45) is 0 Å². The van der Waals surface area contributed by atoms with E-state index < -0.39 is 0 Å². The molecule has 0 bridgehead atoms. The van der Waals surface area contributed by atoms with Crippen LogP contribution in [0.5, 0.6) is 0 Å². The van der Waals surface area contributed by atoms with Crippen LogP contribution in [0.2, 0.25) is 0 Å². The van der Waals surface area contributed by atoms with E-state index in [1.807, 2.05) is 13.2 Å². The SMILES string of the molecule is CNCCc1cnc2n1CCCC2. The summed E-state index contributed by atoms with van der Waals surface area (Å²) in [4.78, 5) is 4.44. The van der Waals surface area contributed by atoms with E-state index in [0.29, 0.717) is 0 Å². The third-order valence-corrected chi connectivity index (χ3v) is 2.68. The first-order chi connectivity index (χ1) is 6.42. The first-order valence-electron chi connectivity index (χ1n) is 5.09. The fraction of sp³-hybridized carbons (Fsp3) is 0.700. The minimum atomic E-state index is 1.05. The van der Waals surface area contributed by atoms with Crippen molar-refractivity contribution < 1.29 is 0 Å². The highest BCUT2D eigenvalue weighted by molar-refractivity contribution is 5.07. The van der Waals surface area contributed by atoms with Gasteiger partial charge >= 0.3 is 0 Å². The molecular weight excluding hydrogens is 162 g/mol. The van der Waals surface area contributed by atoms with E-state index in [4.69, 9.17) is 0 Å². The van der Waals surface area contributed by atoms with Crippen molar-refractivity contribution >= 4 is 0 Å². The van der Waals surface area contributed by atoms with Crippen LogP contribution in [-0.2, 0) is 19.4 Å². The Balaban J connectivity index is 2.12. The predicted molar refractivity (Wildman–Crippen MR) is 52.8 cm³/mol. The summed E-state index contributed by atoms with van der Waals surface area (Å²) in [6.45, 7) is 2.22. The van der Waals surface area contributed by atoms with E-state index in [2.05, 4.69) is 14.9 Å². The maximum atomic E-state index is 4.44. The number of hydrogen-bond donors (Lipinski definition) is 1. The summed E-state index contributed by atoms with van der Waals surface area (Å²) >= 11 is 0. The third-order valence-electron chi connectivity index (χ3n) is 2.68. The summed E-state index contributed by atoms with van der Waals surface area (Å²) in [5.41, 5.74) is 1.39. The lowest BCUT2D eigenvalue weighted by Gasteiger charge is -2.16. The smallest absolute Gasteiger partial charge is 0.108 e. The van der Waals surface area contributed by atoms with Crippen LogP contribution < -0.4 is 5.32 Å². The minimum absolute atomic E-state index is 1.05. The van der Waals surface area contributed by atoms with Crippen LogP contribution in [0.1, 0.15) is 24.4 Å². The summed E-state index contributed by atoms with van der Waals surface area (Å²) in [7, 11) is 1.99. The summed E-state index contributed by atoms with van der Waals surface area (Å²) in [5, 5.41) is 3.17. The molecule has 0 unspecified atom stereocenters. The molecule has 2 rings (SSSR count). The van der Waals surface area contributed by atoms with Crippen LogP contribution in [0.3, 0.4) is 0 Å². The summed E-state index contributed by atoms with van der Waals surface area (Å²) < 4.78 is 2.39. The fourth-order valence-electron chi connectivity index (χ4n) is 1.93. The van der Waals surface area contributed by atoms with Crippen LogP contribution in [-0.4, -0.2) is 23.1 Å². The van der Waals surface area contributed by atoms with Gasteiger partial charge in [-0.25, -0.2) is 4.98 Å². The van der Waals surface area contributed by atoms with E-state index in [1.54, 1.807) is 0 Å². The average Bonchev–Trinajstić information content (AvgIpc) is 2.58. The number of rotatable bonds is 3. The molecule has 0 aromatic carbocycles. The van der Waals surface area contributed by atoms with Crippen LogP contribution in [0.4, 0.5) is 0 Å². The Morgan fingerprint density at radius 1 is 1.54 bits per heavy atom. The molecule has 3 nitrogen and oxygen atoms in total. The van der Waals surface area contributed by atoms with E-state index in [1.165, 1.54) is 37.3 Å². The number of nitrogens with zero attached hydrogens (tertiary/aromatic N) is 2. The Bertz CT molecular complexity index is 278. The van der Waals surface area contributed by atoms with Gasteiger partial charge in [-0.15, -0.1) is 0 Å². The van der Waals surface area contributed by atoms with Crippen molar-refractivity contribution in [2.45, 2.75) is 32.2 Å². The summed E-state index contributed by atoms with van der Waals surface area (Å²) in [6.07, 6.45) is 6.93. The molecule has 0 atom stereocenters. The molecule has 1 aliphatic rings. The van der Waals surface area contributed by atoms with Crippen molar-refractivity contribution in [3.63, 3.8) is 0 Å². The lowest BCUT2D eigenvalue weighted by molar-refractivity contribution is 0.506. The second kappa shape index (κ2) is 3.92. The molecule has 1 aromatic heterocycles. The van der Waals surface area contributed by atoms with Gasteiger partial charge in [0.25, 0.3) is 0 Å². The van der Waals surface area contributed by atoms with Crippen LogP contribution in [0, 0.1) is 0 Å². The Hall–Kier alpha value is -0.830.